The number of ether oxygens (including phenoxy) is 1. The molecule has 1 aromatic heterocycles. The maximum absolute atomic E-state index is 13.3. The molecule has 1 fully saturated rings. The van der Waals surface area contributed by atoms with E-state index in [-0.39, 0.29) is 42.9 Å². The second kappa shape index (κ2) is 13.2. The third kappa shape index (κ3) is 8.04. The van der Waals surface area contributed by atoms with Gasteiger partial charge in [-0.15, -0.1) is 0 Å². The predicted octanol–water partition coefficient (Wildman–Crippen LogP) is 7.09. The summed E-state index contributed by atoms with van der Waals surface area (Å²) in [6, 6.07) is 6.29. The van der Waals surface area contributed by atoms with Crippen LogP contribution in [0.5, 0.6) is 5.75 Å². The summed E-state index contributed by atoms with van der Waals surface area (Å²) >= 11 is 0. The number of fused-ring (bicyclic) bond motifs is 1. The van der Waals surface area contributed by atoms with Crippen LogP contribution in [-0.2, 0) is 18.4 Å². The first kappa shape index (κ1) is 34.0. The lowest BCUT2D eigenvalue weighted by Gasteiger charge is -2.30. The first-order valence-electron chi connectivity index (χ1n) is 14.9. The summed E-state index contributed by atoms with van der Waals surface area (Å²) in [4.78, 5) is 30.4. The molecular weight excluding hydrogens is 597 g/mol. The van der Waals surface area contributed by atoms with Gasteiger partial charge in [-0.1, -0.05) is 32.9 Å². The summed E-state index contributed by atoms with van der Waals surface area (Å²) in [5.74, 6) is -1.78. The van der Waals surface area contributed by atoms with E-state index in [2.05, 4.69) is 20.9 Å². The van der Waals surface area contributed by atoms with E-state index in [4.69, 9.17) is 4.74 Å². The van der Waals surface area contributed by atoms with Gasteiger partial charge in [-0.2, -0.15) is 13.2 Å². The fourth-order valence-electron chi connectivity index (χ4n) is 5.44. The van der Waals surface area contributed by atoms with Gasteiger partial charge in [-0.05, 0) is 62.3 Å². The van der Waals surface area contributed by atoms with Crippen LogP contribution in [0.4, 0.5) is 33.6 Å². The van der Waals surface area contributed by atoms with Gasteiger partial charge in [-0.3, -0.25) is 9.59 Å². The zero-order chi connectivity index (χ0) is 33.3. The Kier molecular flexibility index (Phi) is 9.98. The number of hydrogen-bond acceptors (Lipinski definition) is 5. The van der Waals surface area contributed by atoms with E-state index in [9.17, 15) is 31.5 Å². The van der Waals surface area contributed by atoms with Crippen LogP contribution in [0.2, 0.25) is 0 Å². The molecule has 13 heteroatoms. The van der Waals surface area contributed by atoms with E-state index in [1.165, 1.54) is 12.1 Å². The molecule has 2 amide bonds. The highest BCUT2D eigenvalue weighted by Gasteiger charge is 2.41. The highest BCUT2D eigenvalue weighted by atomic mass is 19.4. The Morgan fingerprint density at radius 2 is 1.73 bits per heavy atom. The molecule has 0 bridgehead atoms. The number of nitrogens with zero attached hydrogens (tertiary/aromatic N) is 2. The molecule has 4 rings (SSSR count). The Bertz CT molecular complexity index is 1550. The lowest BCUT2D eigenvalue weighted by Crippen LogP contribution is -2.40. The van der Waals surface area contributed by atoms with E-state index < -0.39 is 42.5 Å². The molecule has 0 aliphatic heterocycles. The lowest BCUT2D eigenvalue weighted by molar-refractivity contribution is -0.182. The van der Waals surface area contributed by atoms with Crippen LogP contribution in [-0.4, -0.2) is 46.6 Å². The highest BCUT2D eigenvalue weighted by molar-refractivity contribution is 6.01. The second-order valence-corrected chi connectivity index (χ2v) is 12.7. The third-order valence-corrected chi connectivity index (χ3v) is 8.26. The molecule has 246 valence electrons. The fraction of sp³-hybridized carbons (Fsp3) is 0.531. The summed E-state index contributed by atoms with van der Waals surface area (Å²) < 4.78 is 72.5. The number of aromatic nitrogens is 2. The largest absolute Gasteiger partial charge is 0.487 e. The van der Waals surface area contributed by atoms with Crippen molar-refractivity contribution in [2.24, 2.45) is 18.4 Å². The van der Waals surface area contributed by atoms with E-state index in [0.29, 0.717) is 23.5 Å². The molecule has 1 saturated carbocycles. The summed E-state index contributed by atoms with van der Waals surface area (Å²) in [6.07, 6.45) is -6.95. The van der Waals surface area contributed by atoms with E-state index in [1.807, 2.05) is 46.8 Å². The Balaban J connectivity index is 1.61. The zero-order valence-corrected chi connectivity index (χ0v) is 26.3. The molecule has 2 aromatic carbocycles. The van der Waals surface area contributed by atoms with Gasteiger partial charge in [-0.25, -0.2) is 13.8 Å². The number of imidazole rings is 1. The first-order chi connectivity index (χ1) is 21.0. The van der Waals surface area contributed by atoms with Crippen LogP contribution in [0.15, 0.2) is 24.3 Å². The highest BCUT2D eigenvalue weighted by Crippen LogP contribution is 2.38. The van der Waals surface area contributed by atoms with Crippen molar-refractivity contribution in [1.82, 2.24) is 20.2 Å². The minimum absolute atomic E-state index is 0.0327. The van der Waals surface area contributed by atoms with Crippen LogP contribution in [0.1, 0.15) is 73.5 Å². The molecule has 1 aliphatic rings. The van der Waals surface area contributed by atoms with Crippen LogP contribution >= 0.6 is 0 Å². The van der Waals surface area contributed by atoms with E-state index in [1.54, 1.807) is 11.6 Å². The maximum atomic E-state index is 13.3. The van der Waals surface area contributed by atoms with Gasteiger partial charge in [0.25, 0.3) is 12.3 Å². The number of halogens is 5. The number of carbonyl (C=O) groups is 2. The molecule has 0 atom stereocenters. The Labute approximate surface area is 259 Å². The molecule has 1 heterocycles. The summed E-state index contributed by atoms with van der Waals surface area (Å²) in [5, 5.41) is 9.06. The number of hydrogen-bond donors (Lipinski definition) is 3. The molecule has 3 aromatic rings. The van der Waals surface area contributed by atoms with Gasteiger partial charge in [0.2, 0.25) is 11.9 Å². The molecule has 0 spiro atoms. The summed E-state index contributed by atoms with van der Waals surface area (Å²) in [7, 11) is 1.73. The number of nitrogens with one attached hydrogen (secondary N) is 3. The minimum atomic E-state index is -4.28. The molecular formula is C32H40F5N5O3. The monoisotopic (exact) mass is 637 g/mol. The molecule has 0 saturated heterocycles. The number of rotatable bonds is 9. The van der Waals surface area contributed by atoms with Crippen LogP contribution in [0.3, 0.4) is 0 Å². The van der Waals surface area contributed by atoms with Gasteiger partial charge in [0.1, 0.15) is 12.4 Å². The van der Waals surface area contributed by atoms with Crippen LogP contribution in [0, 0.1) is 25.2 Å². The number of alkyl halides is 5. The van der Waals surface area contributed by atoms with Crippen molar-refractivity contribution in [3.8, 4) is 5.75 Å². The second-order valence-electron chi connectivity index (χ2n) is 12.7. The molecule has 0 unspecified atom stereocenters. The molecule has 45 heavy (non-hydrogen) atoms. The third-order valence-electron chi connectivity index (χ3n) is 8.26. The Hall–Kier alpha value is -3.90. The van der Waals surface area contributed by atoms with Crippen molar-refractivity contribution in [1.29, 1.82) is 0 Å². The standard InChI is InChI=1S/C32H40F5N5O3/c1-17-7-8-19(15-38-29(44)31(3,4)5)18(2)27(17)41-30-40-23-13-22(25(45-16-26(33)34)14-24(23)42(30)6)28(43)39-21-11-9-20(10-12-21)32(35,36)37/h7-8,13-14,20-21,26H,9-12,15-16H2,1-6H3,(H,38,44)(H,39,43)(H,40,41)/t20-,21-. The Morgan fingerprint density at radius 1 is 1.07 bits per heavy atom. The van der Waals surface area contributed by atoms with Crippen LogP contribution in [0.25, 0.3) is 11.0 Å². The number of benzene rings is 2. The van der Waals surface area contributed by atoms with Crippen molar-refractivity contribution in [3.63, 3.8) is 0 Å². The Morgan fingerprint density at radius 3 is 2.33 bits per heavy atom. The topological polar surface area (TPSA) is 97.3 Å². The summed E-state index contributed by atoms with van der Waals surface area (Å²) in [5.41, 5.74) is 3.83. The first-order valence-corrected chi connectivity index (χ1v) is 14.9. The van der Waals surface area contributed by atoms with Crippen LogP contribution < -0.4 is 20.7 Å². The van der Waals surface area contributed by atoms with Gasteiger partial charge in [0, 0.05) is 36.8 Å². The minimum Gasteiger partial charge on any atom is -0.487 e. The van der Waals surface area contributed by atoms with Gasteiger partial charge < -0.3 is 25.3 Å². The van der Waals surface area contributed by atoms with Gasteiger partial charge >= 0.3 is 6.18 Å². The smallest absolute Gasteiger partial charge is 0.391 e. The number of carbonyl (C=O) groups excluding carboxylic acids is 2. The van der Waals surface area contributed by atoms with E-state index in [0.717, 1.165) is 22.4 Å². The maximum Gasteiger partial charge on any atom is 0.391 e. The molecule has 8 nitrogen and oxygen atoms in total. The van der Waals surface area contributed by atoms with Gasteiger partial charge in [0.15, 0.2) is 0 Å². The predicted molar refractivity (Wildman–Crippen MR) is 162 cm³/mol. The molecule has 3 N–H and O–H groups in total. The lowest BCUT2D eigenvalue weighted by atomic mass is 9.85. The zero-order valence-electron chi connectivity index (χ0n) is 26.3. The average Bonchev–Trinajstić information content (AvgIpc) is 3.26. The number of aryl methyl sites for hydroxylation is 2. The van der Waals surface area contributed by atoms with E-state index >= 15 is 0 Å². The summed E-state index contributed by atoms with van der Waals surface area (Å²) in [6.45, 7) is 8.76. The van der Waals surface area contributed by atoms with Crippen molar-refractivity contribution in [2.45, 2.75) is 85.5 Å². The number of anilines is 2. The quantitative estimate of drug-likeness (QED) is 0.218. The van der Waals surface area contributed by atoms with Gasteiger partial charge in [0.05, 0.1) is 22.5 Å². The van der Waals surface area contributed by atoms with Crippen molar-refractivity contribution in [3.05, 3.63) is 46.5 Å². The normalized spacial score (nSPS) is 17.4. The average molecular weight is 638 g/mol. The number of amides is 2. The SMILES string of the molecule is Cc1ccc(CNC(=O)C(C)(C)C)c(C)c1Nc1nc2cc(C(=O)N[C@H]3CC[C@H](C(F)(F)F)CC3)c(OCC(F)F)cc2n1C. The van der Waals surface area contributed by atoms with Crippen molar-refractivity contribution in [2.75, 3.05) is 11.9 Å². The fourth-order valence-corrected chi connectivity index (χ4v) is 5.44. The molecule has 0 radical (unpaired) electrons. The molecule has 1 aliphatic carbocycles. The van der Waals surface area contributed by atoms with Crippen molar-refractivity contribution >= 4 is 34.5 Å². The van der Waals surface area contributed by atoms with Crippen molar-refractivity contribution < 1.29 is 36.3 Å².